The first-order valence-electron chi connectivity index (χ1n) is 6.77. The van der Waals surface area contributed by atoms with Gasteiger partial charge < -0.3 is 20.1 Å². The van der Waals surface area contributed by atoms with E-state index in [4.69, 9.17) is 21.1 Å². The number of nitrogens with one attached hydrogen (secondary N) is 2. The Balaban J connectivity index is 2.00. The van der Waals surface area contributed by atoms with Crippen LogP contribution in [-0.4, -0.2) is 26.4 Å². The van der Waals surface area contributed by atoms with Crippen LogP contribution in [0, 0.1) is 6.92 Å². The Labute approximate surface area is 129 Å². The van der Waals surface area contributed by atoms with E-state index in [0.717, 1.165) is 18.4 Å². The second kappa shape index (κ2) is 7.33. The molecule has 1 aromatic carbocycles. The van der Waals surface area contributed by atoms with E-state index in [1.54, 1.807) is 18.3 Å². The van der Waals surface area contributed by atoms with Gasteiger partial charge in [0, 0.05) is 17.3 Å². The molecule has 0 saturated carbocycles. The molecule has 6 heteroatoms. The SMILES string of the molecule is COc1cc(Cl)c(C)cc1NC(=O)NC=C1CCOCC1. The number of aryl methyl sites for hydroxylation is 1. The Morgan fingerprint density at radius 2 is 2.10 bits per heavy atom. The van der Waals surface area contributed by atoms with Crippen molar-refractivity contribution in [2.75, 3.05) is 25.6 Å². The molecule has 1 fully saturated rings. The van der Waals surface area contributed by atoms with Crippen LogP contribution in [0.5, 0.6) is 5.75 Å². The Bertz CT molecular complexity index is 550. The molecule has 2 amide bonds. The third-order valence-electron chi connectivity index (χ3n) is 3.27. The van der Waals surface area contributed by atoms with Crippen LogP contribution >= 0.6 is 11.6 Å². The number of rotatable bonds is 3. The highest BCUT2D eigenvalue weighted by atomic mass is 35.5. The van der Waals surface area contributed by atoms with Crippen molar-refractivity contribution in [1.82, 2.24) is 5.32 Å². The normalized spacial score (nSPS) is 14.5. The Morgan fingerprint density at radius 3 is 2.76 bits per heavy atom. The van der Waals surface area contributed by atoms with Crippen molar-refractivity contribution in [2.24, 2.45) is 0 Å². The van der Waals surface area contributed by atoms with Gasteiger partial charge in [0.1, 0.15) is 5.75 Å². The number of hydrogen-bond acceptors (Lipinski definition) is 3. The minimum atomic E-state index is -0.311. The van der Waals surface area contributed by atoms with E-state index in [1.807, 2.05) is 6.92 Å². The molecule has 1 aliphatic rings. The number of urea groups is 1. The molecule has 1 heterocycles. The Kier molecular flexibility index (Phi) is 5.47. The van der Waals surface area contributed by atoms with E-state index in [0.29, 0.717) is 29.7 Å². The number of carbonyl (C=O) groups excluding carboxylic acids is 1. The van der Waals surface area contributed by atoms with Gasteiger partial charge in [-0.2, -0.15) is 0 Å². The fourth-order valence-corrected chi connectivity index (χ4v) is 2.19. The summed E-state index contributed by atoms with van der Waals surface area (Å²) < 4.78 is 10.5. The lowest BCUT2D eigenvalue weighted by Gasteiger charge is -2.15. The maximum atomic E-state index is 11.9. The number of ether oxygens (including phenoxy) is 2. The number of benzene rings is 1. The number of carbonyl (C=O) groups is 1. The van der Waals surface area contributed by atoms with Crippen LogP contribution in [0.4, 0.5) is 10.5 Å². The lowest BCUT2D eigenvalue weighted by Crippen LogP contribution is -2.25. The van der Waals surface area contributed by atoms with E-state index in [-0.39, 0.29) is 6.03 Å². The standard InChI is InChI=1S/C15H19ClN2O3/c1-10-7-13(14(20-2)8-12(10)16)18-15(19)17-9-11-3-5-21-6-4-11/h7-9H,3-6H2,1-2H3,(H2,17,18,19). The van der Waals surface area contributed by atoms with Crippen LogP contribution in [0.2, 0.25) is 5.02 Å². The van der Waals surface area contributed by atoms with Crippen LogP contribution in [0.3, 0.4) is 0 Å². The zero-order chi connectivity index (χ0) is 15.2. The van der Waals surface area contributed by atoms with Gasteiger partial charge >= 0.3 is 6.03 Å². The molecule has 0 bridgehead atoms. The van der Waals surface area contributed by atoms with Gasteiger partial charge in [-0.1, -0.05) is 11.6 Å². The summed E-state index contributed by atoms with van der Waals surface area (Å²) >= 11 is 6.03. The number of halogens is 1. The molecule has 0 radical (unpaired) electrons. The molecule has 0 unspecified atom stereocenters. The van der Waals surface area contributed by atoms with E-state index in [2.05, 4.69) is 10.6 Å². The van der Waals surface area contributed by atoms with Crippen LogP contribution in [0.15, 0.2) is 23.9 Å². The van der Waals surface area contributed by atoms with Gasteiger partial charge in [-0.3, -0.25) is 0 Å². The number of amides is 2. The number of anilines is 1. The van der Waals surface area contributed by atoms with Gasteiger partial charge in [-0.05, 0) is 37.0 Å². The second-order valence-corrected chi connectivity index (χ2v) is 5.22. The van der Waals surface area contributed by atoms with Crippen molar-refractivity contribution in [3.8, 4) is 5.75 Å². The Hall–Kier alpha value is -1.72. The van der Waals surface area contributed by atoms with Crippen molar-refractivity contribution in [1.29, 1.82) is 0 Å². The zero-order valence-electron chi connectivity index (χ0n) is 12.2. The summed E-state index contributed by atoms with van der Waals surface area (Å²) in [6.45, 7) is 3.29. The van der Waals surface area contributed by atoms with Crippen LogP contribution in [-0.2, 0) is 4.74 Å². The van der Waals surface area contributed by atoms with E-state index in [9.17, 15) is 4.79 Å². The van der Waals surface area contributed by atoms with Gasteiger partial charge in [0.25, 0.3) is 0 Å². The highest BCUT2D eigenvalue weighted by molar-refractivity contribution is 6.31. The smallest absolute Gasteiger partial charge is 0.323 e. The predicted octanol–water partition coefficient (Wildman–Crippen LogP) is 3.47. The molecule has 2 rings (SSSR count). The molecule has 2 N–H and O–H groups in total. The highest BCUT2D eigenvalue weighted by Crippen LogP contribution is 2.30. The topological polar surface area (TPSA) is 59.6 Å². The van der Waals surface area contributed by atoms with Gasteiger partial charge in [-0.25, -0.2) is 4.79 Å². The molecule has 0 atom stereocenters. The van der Waals surface area contributed by atoms with E-state index < -0.39 is 0 Å². The maximum Gasteiger partial charge on any atom is 0.323 e. The third kappa shape index (κ3) is 4.37. The summed E-state index contributed by atoms with van der Waals surface area (Å²) in [5.41, 5.74) is 2.63. The molecule has 1 saturated heterocycles. The molecule has 21 heavy (non-hydrogen) atoms. The van der Waals surface area contributed by atoms with Crippen molar-refractivity contribution < 1.29 is 14.3 Å². The van der Waals surface area contributed by atoms with Crippen molar-refractivity contribution >= 4 is 23.3 Å². The molecule has 0 aliphatic carbocycles. The molecular weight excluding hydrogens is 292 g/mol. The average molecular weight is 311 g/mol. The lowest BCUT2D eigenvalue weighted by atomic mass is 10.1. The largest absolute Gasteiger partial charge is 0.495 e. The zero-order valence-corrected chi connectivity index (χ0v) is 12.9. The summed E-state index contributed by atoms with van der Waals surface area (Å²) in [7, 11) is 1.54. The Morgan fingerprint density at radius 1 is 1.38 bits per heavy atom. The van der Waals surface area contributed by atoms with E-state index in [1.165, 1.54) is 12.7 Å². The summed E-state index contributed by atoms with van der Waals surface area (Å²) in [4.78, 5) is 11.9. The second-order valence-electron chi connectivity index (χ2n) is 4.82. The first-order valence-corrected chi connectivity index (χ1v) is 7.15. The van der Waals surface area contributed by atoms with Crippen molar-refractivity contribution in [3.63, 3.8) is 0 Å². The summed E-state index contributed by atoms with van der Waals surface area (Å²) in [5.74, 6) is 0.527. The molecule has 5 nitrogen and oxygen atoms in total. The minimum Gasteiger partial charge on any atom is -0.495 e. The first kappa shape index (κ1) is 15.7. The minimum absolute atomic E-state index is 0.311. The first-order chi connectivity index (χ1) is 10.1. The van der Waals surface area contributed by atoms with Gasteiger partial charge in [-0.15, -0.1) is 0 Å². The summed E-state index contributed by atoms with van der Waals surface area (Å²) in [6, 6.07) is 3.15. The fourth-order valence-electron chi connectivity index (χ4n) is 2.03. The lowest BCUT2D eigenvalue weighted by molar-refractivity contribution is 0.119. The molecule has 1 aliphatic heterocycles. The molecule has 114 valence electrons. The summed E-state index contributed by atoms with van der Waals surface area (Å²) in [6.07, 6.45) is 3.44. The van der Waals surface area contributed by atoms with Gasteiger partial charge in [0.15, 0.2) is 0 Å². The van der Waals surface area contributed by atoms with Gasteiger partial charge in [0.2, 0.25) is 0 Å². The van der Waals surface area contributed by atoms with Gasteiger partial charge in [0.05, 0.1) is 26.0 Å². The predicted molar refractivity (Wildman–Crippen MR) is 83.0 cm³/mol. The highest BCUT2D eigenvalue weighted by Gasteiger charge is 2.10. The maximum absolute atomic E-state index is 11.9. The van der Waals surface area contributed by atoms with Crippen molar-refractivity contribution in [3.05, 3.63) is 34.5 Å². The van der Waals surface area contributed by atoms with Crippen LogP contribution in [0.25, 0.3) is 0 Å². The van der Waals surface area contributed by atoms with Crippen molar-refractivity contribution in [2.45, 2.75) is 19.8 Å². The molecule has 0 spiro atoms. The molecule has 0 aromatic heterocycles. The quantitative estimate of drug-likeness (QED) is 0.898. The number of hydrogen-bond donors (Lipinski definition) is 2. The van der Waals surface area contributed by atoms with Crippen LogP contribution < -0.4 is 15.4 Å². The van der Waals surface area contributed by atoms with Crippen LogP contribution in [0.1, 0.15) is 18.4 Å². The summed E-state index contributed by atoms with van der Waals surface area (Å²) in [5, 5.41) is 6.09. The molecular formula is C15H19ClN2O3. The average Bonchev–Trinajstić information content (AvgIpc) is 2.49. The fraction of sp³-hybridized carbons (Fsp3) is 0.400. The third-order valence-corrected chi connectivity index (χ3v) is 3.68. The monoisotopic (exact) mass is 310 g/mol. The van der Waals surface area contributed by atoms with E-state index >= 15 is 0 Å². The number of methoxy groups -OCH3 is 1. The molecule has 1 aromatic rings.